The Kier molecular flexibility index (Phi) is 6.52. The van der Waals surface area contributed by atoms with Crippen molar-refractivity contribution in [3.8, 4) is 0 Å². The van der Waals surface area contributed by atoms with Gasteiger partial charge in [0.1, 0.15) is 17.6 Å². The van der Waals surface area contributed by atoms with Gasteiger partial charge < -0.3 is 24.7 Å². The number of aliphatic hydroxyl groups excluding tert-OH is 1. The summed E-state index contributed by atoms with van der Waals surface area (Å²) in [6.45, 7) is 7.23. The first kappa shape index (κ1) is 24.7. The number of ether oxygens (including phenoxy) is 1. The molecule has 9 heteroatoms. The molecule has 2 bridgehead atoms. The van der Waals surface area contributed by atoms with E-state index < -0.39 is 52.9 Å². The molecular weight excluding hydrogens is 460 g/mol. The van der Waals surface area contributed by atoms with Crippen molar-refractivity contribution in [1.82, 2.24) is 4.90 Å². The van der Waals surface area contributed by atoms with Crippen LogP contribution in [-0.2, 0) is 19.1 Å². The largest absolute Gasteiger partial charge is 0.481 e. The van der Waals surface area contributed by atoms with Gasteiger partial charge in [0.2, 0.25) is 5.91 Å². The fraction of sp³-hybridized carbons (Fsp3) is 0.560. The van der Waals surface area contributed by atoms with E-state index in [0.29, 0.717) is 36.4 Å². The third kappa shape index (κ3) is 3.30. The normalized spacial score (nSPS) is 32.5. The number of nitrogens with zero attached hydrogens (tertiary/aromatic N) is 2. The lowest BCUT2D eigenvalue weighted by Crippen LogP contribution is -2.59. The van der Waals surface area contributed by atoms with Crippen LogP contribution < -0.4 is 4.90 Å². The smallest absolute Gasteiger partial charge is 0.310 e. The van der Waals surface area contributed by atoms with Gasteiger partial charge in [-0.3, -0.25) is 14.4 Å². The minimum atomic E-state index is -1.28. The Morgan fingerprint density at radius 1 is 1.35 bits per heavy atom. The summed E-state index contributed by atoms with van der Waals surface area (Å²) in [7, 11) is 0. The number of para-hydroxylation sites is 1. The van der Waals surface area contributed by atoms with E-state index in [0.717, 1.165) is 0 Å². The van der Waals surface area contributed by atoms with Crippen molar-refractivity contribution in [1.29, 1.82) is 0 Å². The van der Waals surface area contributed by atoms with Gasteiger partial charge in [0.25, 0.3) is 5.91 Å². The van der Waals surface area contributed by atoms with Gasteiger partial charge in [-0.05, 0) is 37.8 Å². The number of anilines is 1. The molecular formula is C25H31ClN2O6. The van der Waals surface area contributed by atoms with E-state index in [9.17, 15) is 24.6 Å². The molecule has 2 amide bonds. The van der Waals surface area contributed by atoms with E-state index in [-0.39, 0.29) is 13.2 Å². The Hall–Kier alpha value is -2.42. The topological polar surface area (TPSA) is 107 Å². The van der Waals surface area contributed by atoms with Crippen molar-refractivity contribution in [3.05, 3.63) is 41.9 Å². The van der Waals surface area contributed by atoms with E-state index >= 15 is 0 Å². The molecule has 3 aliphatic heterocycles. The van der Waals surface area contributed by atoms with Gasteiger partial charge in [-0.1, -0.05) is 43.7 Å². The first-order valence-corrected chi connectivity index (χ1v) is 12.1. The summed E-state index contributed by atoms with van der Waals surface area (Å²) in [5.41, 5.74) is -1.81. The first-order chi connectivity index (χ1) is 16.2. The molecule has 1 aromatic carbocycles. The lowest BCUT2D eigenvalue weighted by Gasteiger charge is -2.39. The Labute approximate surface area is 204 Å². The Balaban J connectivity index is 1.88. The third-order valence-corrected chi connectivity index (χ3v) is 8.23. The summed E-state index contributed by atoms with van der Waals surface area (Å²) in [5, 5.41) is 20.6. The molecule has 6 atom stereocenters. The molecule has 184 valence electrons. The summed E-state index contributed by atoms with van der Waals surface area (Å²) in [6.07, 6.45) is 3.24. The van der Waals surface area contributed by atoms with Crippen LogP contribution in [0, 0.1) is 11.8 Å². The average Bonchev–Trinajstić information content (AvgIpc) is 3.43. The average molecular weight is 491 g/mol. The lowest BCUT2D eigenvalue weighted by molar-refractivity contribution is -0.157. The second-order valence-corrected chi connectivity index (χ2v) is 9.76. The molecule has 4 rings (SSSR count). The number of carboxylic acids is 1. The van der Waals surface area contributed by atoms with Crippen molar-refractivity contribution >= 4 is 35.1 Å². The number of hydrogen-bond acceptors (Lipinski definition) is 5. The fourth-order valence-corrected chi connectivity index (χ4v) is 6.61. The predicted octanol–water partition coefficient (Wildman–Crippen LogP) is 2.87. The number of carboxylic acid groups (broad SMARTS) is 1. The van der Waals surface area contributed by atoms with Crippen LogP contribution in [0.4, 0.5) is 5.69 Å². The van der Waals surface area contributed by atoms with Crippen molar-refractivity contribution < 1.29 is 29.3 Å². The number of likely N-dealkylation sites (tertiary alicyclic amines) is 1. The fourth-order valence-electron chi connectivity index (χ4n) is 6.37. The number of aliphatic carboxylic acids is 1. The number of hydrogen-bond donors (Lipinski definition) is 2. The van der Waals surface area contributed by atoms with E-state index in [2.05, 4.69) is 6.58 Å². The summed E-state index contributed by atoms with van der Waals surface area (Å²) in [5.74, 6) is -4.01. The molecule has 0 radical (unpaired) electrons. The highest BCUT2D eigenvalue weighted by atomic mass is 35.5. The number of halogens is 1. The summed E-state index contributed by atoms with van der Waals surface area (Å²) >= 11 is 6.43. The van der Waals surface area contributed by atoms with Gasteiger partial charge in [-0.25, -0.2) is 0 Å². The van der Waals surface area contributed by atoms with Gasteiger partial charge in [0, 0.05) is 6.54 Å². The maximum Gasteiger partial charge on any atom is 0.310 e. The van der Waals surface area contributed by atoms with Crippen LogP contribution in [-0.4, -0.2) is 69.3 Å². The molecule has 3 fully saturated rings. The molecule has 1 spiro atoms. The van der Waals surface area contributed by atoms with Crippen LogP contribution in [0.2, 0.25) is 5.02 Å². The predicted molar refractivity (Wildman–Crippen MR) is 126 cm³/mol. The SMILES string of the molecule is C=CCN(C(=O)C1N([C@@H](CC)CO)C(=O)[C@@H]2[C@@H](C(=O)O)[C@@]3(CC)CCC12O3)c1ccccc1Cl. The molecule has 0 saturated carbocycles. The highest BCUT2D eigenvalue weighted by Gasteiger charge is 2.79. The van der Waals surface area contributed by atoms with E-state index in [1.54, 1.807) is 30.3 Å². The highest BCUT2D eigenvalue weighted by Crippen LogP contribution is 2.64. The van der Waals surface area contributed by atoms with Crippen molar-refractivity contribution in [2.24, 2.45) is 11.8 Å². The zero-order valence-electron chi connectivity index (χ0n) is 19.4. The van der Waals surface area contributed by atoms with Crippen LogP contribution >= 0.6 is 11.6 Å². The van der Waals surface area contributed by atoms with Crippen LogP contribution in [0.15, 0.2) is 36.9 Å². The summed E-state index contributed by atoms with van der Waals surface area (Å²) in [6, 6.07) is 5.17. The van der Waals surface area contributed by atoms with Crippen molar-refractivity contribution in [2.75, 3.05) is 18.1 Å². The number of amides is 2. The van der Waals surface area contributed by atoms with Crippen LogP contribution in [0.1, 0.15) is 39.5 Å². The lowest BCUT2D eigenvalue weighted by atomic mass is 9.65. The number of carbonyl (C=O) groups is 3. The molecule has 8 nitrogen and oxygen atoms in total. The minimum absolute atomic E-state index is 0.138. The molecule has 2 N–H and O–H groups in total. The molecule has 2 unspecified atom stereocenters. The summed E-state index contributed by atoms with van der Waals surface area (Å²) in [4.78, 5) is 43.4. The van der Waals surface area contributed by atoms with Crippen LogP contribution in [0.25, 0.3) is 0 Å². The maximum atomic E-state index is 14.3. The number of rotatable bonds is 9. The Bertz CT molecular complexity index is 1010. The van der Waals surface area contributed by atoms with E-state index in [4.69, 9.17) is 16.3 Å². The standard InChI is InChI=1S/C25H31ClN2O6/c1-4-13-27(17-10-8-7-9-16(17)26)22(31)20-25-12-11-24(6-3,34-25)19(23(32)33)18(25)21(30)28(20)15(5-2)14-29/h4,7-10,15,18-20,29H,1,5-6,11-14H2,2-3H3,(H,32,33)/t15-,18-,19-,20?,24+,25?/m0/s1. The van der Waals surface area contributed by atoms with E-state index in [1.807, 2.05) is 13.8 Å². The molecule has 0 aliphatic carbocycles. The third-order valence-electron chi connectivity index (χ3n) is 7.92. The highest BCUT2D eigenvalue weighted by molar-refractivity contribution is 6.34. The van der Waals surface area contributed by atoms with Crippen LogP contribution in [0.5, 0.6) is 0 Å². The molecule has 3 heterocycles. The molecule has 3 aliphatic rings. The second kappa shape index (κ2) is 8.98. The zero-order chi connectivity index (χ0) is 24.8. The Morgan fingerprint density at radius 2 is 2.06 bits per heavy atom. The van der Waals surface area contributed by atoms with Gasteiger partial charge >= 0.3 is 5.97 Å². The van der Waals surface area contributed by atoms with Gasteiger partial charge in [-0.2, -0.15) is 0 Å². The monoisotopic (exact) mass is 490 g/mol. The number of carbonyl (C=O) groups excluding carboxylic acids is 2. The first-order valence-electron chi connectivity index (χ1n) is 11.8. The van der Waals surface area contributed by atoms with Crippen LogP contribution in [0.3, 0.4) is 0 Å². The van der Waals surface area contributed by atoms with Gasteiger partial charge in [-0.15, -0.1) is 6.58 Å². The van der Waals surface area contributed by atoms with Gasteiger partial charge in [0.05, 0.1) is 34.9 Å². The van der Waals surface area contributed by atoms with Gasteiger partial charge in [0.15, 0.2) is 0 Å². The molecule has 34 heavy (non-hydrogen) atoms. The second-order valence-electron chi connectivity index (χ2n) is 9.35. The van der Waals surface area contributed by atoms with E-state index in [1.165, 1.54) is 9.80 Å². The molecule has 3 saturated heterocycles. The summed E-state index contributed by atoms with van der Waals surface area (Å²) < 4.78 is 6.53. The number of aliphatic hydroxyl groups is 1. The molecule has 0 aromatic heterocycles. The quantitative estimate of drug-likeness (QED) is 0.515. The Morgan fingerprint density at radius 3 is 2.62 bits per heavy atom. The number of fused-ring (bicyclic) bond motifs is 1. The minimum Gasteiger partial charge on any atom is -0.481 e. The number of benzene rings is 1. The maximum absolute atomic E-state index is 14.3. The molecule has 1 aromatic rings. The van der Waals surface area contributed by atoms with Crippen molar-refractivity contribution in [3.63, 3.8) is 0 Å². The zero-order valence-corrected chi connectivity index (χ0v) is 20.2. The van der Waals surface area contributed by atoms with Crippen molar-refractivity contribution in [2.45, 2.75) is 62.8 Å².